The van der Waals surface area contributed by atoms with E-state index < -0.39 is 5.60 Å². The molecule has 27 heavy (non-hydrogen) atoms. The number of carbonyl (C=O) groups excluding carboxylic acids is 1. The Morgan fingerprint density at radius 2 is 2.15 bits per heavy atom. The van der Waals surface area contributed by atoms with Gasteiger partial charge < -0.3 is 19.3 Å². The molecule has 1 atom stereocenters. The Morgan fingerprint density at radius 3 is 2.78 bits per heavy atom. The van der Waals surface area contributed by atoms with Crippen molar-refractivity contribution in [3.63, 3.8) is 0 Å². The maximum Gasteiger partial charge on any atom is 0.225 e. The van der Waals surface area contributed by atoms with Gasteiger partial charge in [0.2, 0.25) is 5.91 Å². The predicted octanol–water partition coefficient (Wildman–Crippen LogP) is 2.18. The van der Waals surface area contributed by atoms with E-state index in [2.05, 4.69) is 0 Å². The van der Waals surface area contributed by atoms with Crippen molar-refractivity contribution in [2.45, 2.75) is 25.4 Å². The number of nitrogens with zero attached hydrogens (tertiary/aromatic N) is 3. The lowest BCUT2D eigenvalue weighted by Gasteiger charge is -2.42. The smallest absolute Gasteiger partial charge is 0.225 e. The van der Waals surface area contributed by atoms with Gasteiger partial charge in [-0.25, -0.2) is 4.39 Å². The number of anilines is 1. The number of hydrogen-bond acceptors (Lipinski definition) is 5. The van der Waals surface area contributed by atoms with Gasteiger partial charge in [0.15, 0.2) is 0 Å². The molecule has 146 valence electrons. The van der Waals surface area contributed by atoms with Crippen LogP contribution in [-0.2, 0) is 14.3 Å². The minimum Gasteiger partial charge on any atom is -0.382 e. The number of carbonyl (C=O) groups is 1. The van der Waals surface area contributed by atoms with Gasteiger partial charge >= 0.3 is 0 Å². The number of morpholine rings is 1. The van der Waals surface area contributed by atoms with Gasteiger partial charge in [0, 0.05) is 32.7 Å². The van der Waals surface area contributed by atoms with Crippen molar-refractivity contribution >= 4 is 11.6 Å². The predicted molar refractivity (Wildman–Crippen MR) is 98.9 cm³/mol. The first-order chi connectivity index (χ1) is 13.0. The number of methoxy groups -OCH3 is 1. The Hall–Kier alpha value is -2.17. The van der Waals surface area contributed by atoms with Crippen LogP contribution in [0.25, 0.3) is 0 Å². The number of piperidine rings is 1. The van der Waals surface area contributed by atoms with E-state index in [0.29, 0.717) is 63.5 Å². The van der Waals surface area contributed by atoms with Gasteiger partial charge in [0.25, 0.3) is 0 Å². The van der Waals surface area contributed by atoms with Crippen LogP contribution in [0.5, 0.6) is 0 Å². The van der Waals surface area contributed by atoms with Crippen LogP contribution in [-0.4, -0.2) is 62.9 Å². The lowest BCUT2D eigenvalue weighted by Crippen LogP contribution is -2.56. The largest absolute Gasteiger partial charge is 0.382 e. The topological polar surface area (TPSA) is 65.8 Å². The number of nitriles is 1. The highest BCUT2D eigenvalue weighted by molar-refractivity contribution is 5.79. The quantitative estimate of drug-likeness (QED) is 0.807. The molecule has 2 aliphatic heterocycles. The normalized spacial score (nSPS) is 23.9. The molecule has 2 aliphatic rings. The first kappa shape index (κ1) is 19.6. The highest BCUT2D eigenvalue weighted by Gasteiger charge is 2.37. The van der Waals surface area contributed by atoms with Crippen LogP contribution in [0.4, 0.5) is 10.1 Å². The van der Waals surface area contributed by atoms with Crippen molar-refractivity contribution in [1.29, 1.82) is 5.26 Å². The molecule has 0 N–H and O–H groups in total. The summed E-state index contributed by atoms with van der Waals surface area (Å²) in [6.45, 7) is 5.31. The average molecular weight is 375 g/mol. The number of amides is 1. The lowest BCUT2D eigenvalue weighted by atomic mass is 9.93. The molecule has 2 heterocycles. The van der Waals surface area contributed by atoms with Gasteiger partial charge in [0.05, 0.1) is 37.1 Å². The molecular weight excluding hydrogens is 349 g/mol. The monoisotopic (exact) mass is 375 g/mol. The highest BCUT2D eigenvalue weighted by Crippen LogP contribution is 2.28. The second kappa shape index (κ2) is 8.24. The average Bonchev–Trinajstić information content (AvgIpc) is 2.67. The highest BCUT2D eigenvalue weighted by atomic mass is 19.1. The summed E-state index contributed by atoms with van der Waals surface area (Å²) in [5, 5.41) is 8.86. The zero-order valence-corrected chi connectivity index (χ0v) is 15.9. The third-order valence-electron chi connectivity index (χ3n) is 5.36. The number of benzene rings is 1. The third kappa shape index (κ3) is 4.40. The summed E-state index contributed by atoms with van der Waals surface area (Å²) in [7, 11) is 1.63. The molecule has 0 radical (unpaired) electrons. The maximum atomic E-state index is 14.2. The van der Waals surface area contributed by atoms with E-state index >= 15 is 0 Å². The van der Waals surface area contributed by atoms with Crippen molar-refractivity contribution in [2.24, 2.45) is 5.92 Å². The molecule has 1 unspecified atom stereocenters. The van der Waals surface area contributed by atoms with Crippen LogP contribution in [0.15, 0.2) is 18.2 Å². The molecule has 1 amide bonds. The van der Waals surface area contributed by atoms with Crippen molar-refractivity contribution < 1.29 is 18.7 Å². The van der Waals surface area contributed by atoms with Crippen molar-refractivity contribution in [1.82, 2.24) is 4.90 Å². The van der Waals surface area contributed by atoms with Crippen LogP contribution in [0.1, 0.15) is 25.3 Å². The van der Waals surface area contributed by atoms with Crippen LogP contribution < -0.4 is 4.90 Å². The van der Waals surface area contributed by atoms with Gasteiger partial charge in [-0.3, -0.25) is 4.79 Å². The number of rotatable bonds is 4. The summed E-state index contributed by atoms with van der Waals surface area (Å²) in [5.74, 6) is -0.282. The van der Waals surface area contributed by atoms with E-state index in [1.165, 1.54) is 6.07 Å². The zero-order valence-electron chi connectivity index (χ0n) is 15.9. The third-order valence-corrected chi connectivity index (χ3v) is 5.36. The van der Waals surface area contributed by atoms with Gasteiger partial charge in [-0.2, -0.15) is 5.26 Å². The fraction of sp³-hybridized carbons (Fsp3) is 0.600. The first-order valence-electron chi connectivity index (χ1n) is 9.32. The molecule has 1 aromatic carbocycles. The minimum absolute atomic E-state index is 0.0485. The van der Waals surface area contributed by atoms with E-state index in [1.54, 1.807) is 19.2 Å². The molecule has 2 saturated heterocycles. The maximum absolute atomic E-state index is 14.2. The Bertz CT molecular complexity index is 724. The Morgan fingerprint density at radius 1 is 1.41 bits per heavy atom. The van der Waals surface area contributed by atoms with Gasteiger partial charge in [-0.1, -0.05) is 0 Å². The van der Waals surface area contributed by atoms with Crippen molar-refractivity contribution in [3.8, 4) is 6.07 Å². The van der Waals surface area contributed by atoms with Gasteiger partial charge in [-0.05, 0) is 38.0 Å². The molecule has 1 aromatic rings. The summed E-state index contributed by atoms with van der Waals surface area (Å²) in [5.41, 5.74) is 0.348. The molecule has 0 aliphatic carbocycles. The standard InChI is InChI=1S/C20H26FN3O3/c1-20(14-26-2)13-24(9-10-27-20)19(25)16-5-7-23(8-6-16)18-4-3-15(12-22)11-17(18)21/h3-4,11,16H,5-10,13-14H2,1-2H3. The molecule has 7 heteroatoms. The van der Waals surface area contributed by atoms with Crippen LogP contribution in [0.2, 0.25) is 0 Å². The summed E-state index contributed by atoms with van der Waals surface area (Å²) in [4.78, 5) is 16.8. The van der Waals surface area contributed by atoms with E-state index in [-0.39, 0.29) is 17.6 Å². The molecule has 0 aromatic heterocycles. The van der Waals surface area contributed by atoms with Gasteiger partial charge in [-0.15, -0.1) is 0 Å². The summed E-state index contributed by atoms with van der Waals surface area (Å²) >= 11 is 0. The lowest BCUT2D eigenvalue weighted by molar-refractivity contribution is -0.160. The summed E-state index contributed by atoms with van der Waals surface area (Å²) in [6.07, 6.45) is 1.38. The SMILES string of the molecule is COCC1(C)CN(C(=O)C2CCN(c3ccc(C#N)cc3F)CC2)CCO1. The Labute approximate surface area is 159 Å². The van der Waals surface area contributed by atoms with E-state index in [1.807, 2.05) is 22.8 Å². The molecule has 0 spiro atoms. The molecule has 0 bridgehead atoms. The van der Waals surface area contributed by atoms with Crippen molar-refractivity contribution in [2.75, 3.05) is 51.4 Å². The number of ether oxygens (including phenoxy) is 2. The molecular formula is C20H26FN3O3. The number of halogens is 1. The molecule has 0 saturated carbocycles. The Balaban J connectivity index is 1.59. The van der Waals surface area contributed by atoms with Crippen LogP contribution in [0.3, 0.4) is 0 Å². The second-order valence-electron chi connectivity index (χ2n) is 7.53. The summed E-state index contributed by atoms with van der Waals surface area (Å²) < 4.78 is 25.2. The van der Waals surface area contributed by atoms with E-state index in [9.17, 15) is 9.18 Å². The summed E-state index contributed by atoms with van der Waals surface area (Å²) in [6, 6.07) is 6.48. The fourth-order valence-corrected chi connectivity index (χ4v) is 3.97. The van der Waals surface area contributed by atoms with E-state index in [0.717, 1.165) is 0 Å². The second-order valence-corrected chi connectivity index (χ2v) is 7.53. The minimum atomic E-state index is -0.463. The first-order valence-corrected chi connectivity index (χ1v) is 9.32. The van der Waals surface area contributed by atoms with Crippen LogP contribution in [0, 0.1) is 23.1 Å². The number of hydrogen-bond donors (Lipinski definition) is 0. The fourth-order valence-electron chi connectivity index (χ4n) is 3.97. The van der Waals surface area contributed by atoms with E-state index in [4.69, 9.17) is 14.7 Å². The van der Waals surface area contributed by atoms with Crippen molar-refractivity contribution in [3.05, 3.63) is 29.6 Å². The molecule has 6 nitrogen and oxygen atoms in total. The van der Waals surface area contributed by atoms with Gasteiger partial charge in [0.1, 0.15) is 11.4 Å². The Kier molecular flexibility index (Phi) is 5.98. The molecule has 2 fully saturated rings. The zero-order chi connectivity index (χ0) is 19.4. The van der Waals surface area contributed by atoms with Crippen LogP contribution >= 0.6 is 0 Å². The molecule has 3 rings (SSSR count).